The van der Waals surface area contributed by atoms with Gasteiger partial charge in [-0.1, -0.05) is 42.5 Å². The summed E-state index contributed by atoms with van der Waals surface area (Å²) in [7, 11) is 0. The van der Waals surface area contributed by atoms with Crippen molar-refractivity contribution in [1.82, 2.24) is 10.2 Å². The predicted molar refractivity (Wildman–Crippen MR) is 96.4 cm³/mol. The minimum absolute atomic E-state index is 0.0111. The van der Waals surface area contributed by atoms with Gasteiger partial charge in [-0.25, -0.2) is 0 Å². The molecule has 0 radical (unpaired) electrons. The Morgan fingerprint density at radius 2 is 1.62 bits per heavy atom. The van der Waals surface area contributed by atoms with Crippen LogP contribution in [0.5, 0.6) is 0 Å². The highest BCUT2D eigenvalue weighted by molar-refractivity contribution is 6.21. The Hall–Kier alpha value is -2.95. The van der Waals surface area contributed by atoms with Gasteiger partial charge in [0, 0.05) is 12.5 Å². The first-order valence-corrected chi connectivity index (χ1v) is 8.87. The second-order valence-corrected chi connectivity index (χ2v) is 7.01. The normalized spacial score (nSPS) is 22.1. The fourth-order valence-electron chi connectivity index (χ4n) is 3.56. The van der Waals surface area contributed by atoms with Gasteiger partial charge in [0.25, 0.3) is 11.8 Å². The first-order valence-electron chi connectivity index (χ1n) is 8.87. The minimum Gasteiger partial charge on any atom is -0.349 e. The molecule has 2 aromatic rings. The molecule has 5 nitrogen and oxygen atoms in total. The molecule has 2 aliphatic rings. The van der Waals surface area contributed by atoms with E-state index in [1.165, 1.54) is 4.90 Å². The zero-order valence-corrected chi connectivity index (χ0v) is 14.5. The molecule has 132 valence electrons. The summed E-state index contributed by atoms with van der Waals surface area (Å²) >= 11 is 0. The van der Waals surface area contributed by atoms with Crippen LogP contribution in [0.3, 0.4) is 0 Å². The Kier molecular flexibility index (Phi) is 4.07. The Bertz CT molecular complexity index is 843. The van der Waals surface area contributed by atoms with E-state index in [2.05, 4.69) is 5.32 Å². The molecule has 1 aliphatic heterocycles. The van der Waals surface area contributed by atoms with Crippen molar-refractivity contribution in [3.8, 4) is 0 Å². The van der Waals surface area contributed by atoms with E-state index >= 15 is 0 Å². The van der Waals surface area contributed by atoms with Crippen LogP contribution in [0.15, 0.2) is 54.6 Å². The Morgan fingerprint density at radius 3 is 2.23 bits per heavy atom. The number of hydrogen-bond donors (Lipinski definition) is 1. The maximum Gasteiger partial charge on any atom is 0.261 e. The van der Waals surface area contributed by atoms with Crippen LogP contribution in [0.25, 0.3) is 0 Å². The largest absolute Gasteiger partial charge is 0.349 e. The lowest BCUT2D eigenvalue weighted by molar-refractivity contribution is -0.123. The van der Waals surface area contributed by atoms with Crippen molar-refractivity contribution in [2.24, 2.45) is 11.8 Å². The number of imide groups is 1. The highest BCUT2D eigenvalue weighted by Crippen LogP contribution is 2.41. The Labute approximate surface area is 152 Å². The Balaban J connectivity index is 1.36. The third kappa shape index (κ3) is 2.90. The molecule has 0 bridgehead atoms. The summed E-state index contributed by atoms with van der Waals surface area (Å²) in [6.07, 6.45) is 0.709. The molecule has 3 amide bonds. The van der Waals surface area contributed by atoms with Gasteiger partial charge in [-0.05, 0) is 37.0 Å². The molecule has 3 atom stereocenters. The lowest BCUT2D eigenvalue weighted by Gasteiger charge is -2.16. The molecular weight excluding hydrogens is 328 g/mol. The molecule has 0 spiro atoms. The molecule has 26 heavy (non-hydrogen) atoms. The topological polar surface area (TPSA) is 66.5 Å². The molecule has 1 heterocycles. The number of fused-ring (bicyclic) bond motifs is 1. The number of carbonyl (C=O) groups is 3. The van der Waals surface area contributed by atoms with Gasteiger partial charge >= 0.3 is 0 Å². The quantitative estimate of drug-likeness (QED) is 0.845. The first kappa shape index (κ1) is 16.5. The van der Waals surface area contributed by atoms with Gasteiger partial charge < -0.3 is 5.32 Å². The number of hydrogen-bond acceptors (Lipinski definition) is 3. The van der Waals surface area contributed by atoms with Crippen LogP contribution in [-0.4, -0.2) is 29.2 Å². The lowest BCUT2D eigenvalue weighted by atomic mass is 10.1. The fourth-order valence-corrected chi connectivity index (χ4v) is 3.56. The van der Waals surface area contributed by atoms with Gasteiger partial charge in [-0.3, -0.25) is 19.3 Å². The third-order valence-electron chi connectivity index (χ3n) is 5.21. The van der Waals surface area contributed by atoms with Crippen molar-refractivity contribution < 1.29 is 14.4 Å². The molecular formula is C21H20N2O3. The van der Waals surface area contributed by atoms with E-state index in [0.717, 1.165) is 5.56 Å². The van der Waals surface area contributed by atoms with Gasteiger partial charge in [-0.2, -0.15) is 0 Å². The molecule has 1 saturated carbocycles. The summed E-state index contributed by atoms with van der Waals surface area (Å²) in [6.45, 7) is 2.26. The smallest absolute Gasteiger partial charge is 0.261 e. The van der Waals surface area contributed by atoms with E-state index in [9.17, 15) is 14.4 Å². The van der Waals surface area contributed by atoms with Crippen LogP contribution in [0.4, 0.5) is 0 Å². The molecule has 5 heteroatoms. The second kappa shape index (κ2) is 6.41. The molecule has 1 N–H and O–H groups in total. The van der Waals surface area contributed by atoms with E-state index in [1.54, 1.807) is 24.3 Å². The number of amides is 3. The van der Waals surface area contributed by atoms with Gasteiger partial charge in [-0.15, -0.1) is 0 Å². The van der Waals surface area contributed by atoms with Crippen LogP contribution < -0.4 is 5.32 Å². The van der Waals surface area contributed by atoms with E-state index in [0.29, 0.717) is 24.1 Å². The monoisotopic (exact) mass is 348 g/mol. The Morgan fingerprint density at radius 1 is 1.04 bits per heavy atom. The number of nitrogens with one attached hydrogen (secondary N) is 1. The van der Waals surface area contributed by atoms with Crippen molar-refractivity contribution in [3.63, 3.8) is 0 Å². The molecule has 0 aromatic heterocycles. The zero-order valence-electron chi connectivity index (χ0n) is 14.5. The lowest BCUT2D eigenvalue weighted by Crippen LogP contribution is -2.34. The summed E-state index contributed by atoms with van der Waals surface area (Å²) < 4.78 is 0. The third-order valence-corrected chi connectivity index (χ3v) is 5.21. The zero-order chi connectivity index (χ0) is 18.3. The molecule has 0 saturated heterocycles. The second-order valence-electron chi connectivity index (χ2n) is 7.01. The summed E-state index contributed by atoms with van der Waals surface area (Å²) in [5, 5.41) is 3.03. The van der Waals surface area contributed by atoms with Crippen LogP contribution >= 0.6 is 0 Å². The van der Waals surface area contributed by atoms with E-state index in [-0.39, 0.29) is 35.6 Å². The summed E-state index contributed by atoms with van der Waals surface area (Å²) in [4.78, 5) is 38.6. The summed E-state index contributed by atoms with van der Waals surface area (Å²) in [5.41, 5.74) is 1.96. The molecule has 4 rings (SSSR count). The van der Waals surface area contributed by atoms with Crippen molar-refractivity contribution in [3.05, 3.63) is 71.3 Å². The van der Waals surface area contributed by atoms with Crippen LogP contribution in [0, 0.1) is 11.8 Å². The highest BCUT2D eigenvalue weighted by Gasteiger charge is 2.47. The van der Waals surface area contributed by atoms with Gasteiger partial charge in [0.15, 0.2) is 0 Å². The van der Waals surface area contributed by atoms with Crippen molar-refractivity contribution in [2.45, 2.75) is 19.4 Å². The number of benzene rings is 2. The number of rotatable bonds is 5. The molecule has 3 unspecified atom stereocenters. The average Bonchev–Trinajstić information content (AvgIpc) is 3.40. The average molecular weight is 348 g/mol. The molecule has 2 aromatic carbocycles. The molecule has 1 fully saturated rings. The van der Waals surface area contributed by atoms with Crippen LogP contribution in [0.1, 0.15) is 45.7 Å². The summed E-state index contributed by atoms with van der Waals surface area (Å²) in [5.74, 6) is -0.614. The standard InChI is InChI=1S/C21H20N2O3/c1-13(14-7-3-2-4-8-14)22-19(24)18-11-15(18)12-23-20(25)16-9-5-6-10-17(16)21(23)26/h2-10,13,15,18H,11-12H2,1H3,(H,22,24). The van der Waals surface area contributed by atoms with E-state index in [1.807, 2.05) is 37.3 Å². The van der Waals surface area contributed by atoms with E-state index in [4.69, 9.17) is 0 Å². The SMILES string of the molecule is CC(NC(=O)C1CC1CN1C(=O)c2ccccc2C1=O)c1ccccc1. The van der Waals surface area contributed by atoms with Crippen molar-refractivity contribution in [1.29, 1.82) is 0 Å². The maximum atomic E-state index is 12.5. The predicted octanol–water partition coefficient (Wildman–Crippen LogP) is 2.80. The van der Waals surface area contributed by atoms with E-state index < -0.39 is 0 Å². The fraction of sp³-hybridized carbons (Fsp3) is 0.286. The van der Waals surface area contributed by atoms with Gasteiger partial charge in [0.1, 0.15) is 0 Å². The minimum atomic E-state index is -0.255. The van der Waals surface area contributed by atoms with Gasteiger partial charge in [0.05, 0.1) is 17.2 Å². The highest BCUT2D eigenvalue weighted by atomic mass is 16.2. The van der Waals surface area contributed by atoms with Crippen molar-refractivity contribution in [2.75, 3.05) is 6.54 Å². The maximum absolute atomic E-state index is 12.5. The summed E-state index contributed by atoms with van der Waals surface area (Å²) in [6, 6.07) is 16.6. The van der Waals surface area contributed by atoms with Gasteiger partial charge in [0.2, 0.25) is 5.91 Å². The van der Waals surface area contributed by atoms with Crippen LogP contribution in [-0.2, 0) is 4.79 Å². The van der Waals surface area contributed by atoms with Crippen LogP contribution in [0.2, 0.25) is 0 Å². The number of carbonyl (C=O) groups excluding carboxylic acids is 3. The van der Waals surface area contributed by atoms with Crippen molar-refractivity contribution >= 4 is 17.7 Å². The number of nitrogens with zero attached hydrogens (tertiary/aromatic N) is 1. The first-order chi connectivity index (χ1) is 12.6. The molecule has 1 aliphatic carbocycles.